The van der Waals surface area contributed by atoms with E-state index < -0.39 is 11.5 Å². The van der Waals surface area contributed by atoms with E-state index in [0.29, 0.717) is 28.5 Å². The maximum atomic E-state index is 11.8. The van der Waals surface area contributed by atoms with Crippen LogP contribution in [0.5, 0.6) is 0 Å². The SMILES string of the molecule is Nc1cccc2[nH]c(=O)c(C(=O)NCCBr)cc12. The highest BCUT2D eigenvalue weighted by atomic mass is 79.9. The first-order chi connectivity index (χ1) is 8.63. The van der Waals surface area contributed by atoms with Gasteiger partial charge in [0.25, 0.3) is 11.5 Å². The summed E-state index contributed by atoms with van der Waals surface area (Å²) in [6.07, 6.45) is 0. The van der Waals surface area contributed by atoms with Gasteiger partial charge in [0.05, 0.1) is 5.52 Å². The van der Waals surface area contributed by atoms with Crippen molar-refractivity contribution >= 4 is 38.4 Å². The van der Waals surface area contributed by atoms with Crippen molar-refractivity contribution in [2.24, 2.45) is 0 Å². The smallest absolute Gasteiger partial charge is 0.261 e. The predicted molar refractivity (Wildman–Crippen MR) is 75.1 cm³/mol. The van der Waals surface area contributed by atoms with Crippen LogP contribution in [0, 0.1) is 0 Å². The van der Waals surface area contributed by atoms with E-state index in [1.54, 1.807) is 18.2 Å². The molecule has 1 heterocycles. The average Bonchev–Trinajstić information content (AvgIpc) is 2.35. The number of halogens is 1. The summed E-state index contributed by atoms with van der Waals surface area (Å²) < 4.78 is 0. The first kappa shape index (κ1) is 12.6. The molecule has 0 aliphatic carbocycles. The number of H-pyrrole nitrogens is 1. The number of hydrogen-bond donors (Lipinski definition) is 3. The Hall–Kier alpha value is -1.82. The Balaban J connectivity index is 2.52. The topological polar surface area (TPSA) is 88.0 Å². The lowest BCUT2D eigenvalue weighted by molar-refractivity contribution is 0.0955. The molecular formula is C12H12BrN3O2. The Morgan fingerprint density at radius 3 is 2.94 bits per heavy atom. The number of alkyl halides is 1. The van der Waals surface area contributed by atoms with Crippen LogP contribution >= 0.6 is 15.9 Å². The van der Waals surface area contributed by atoms with Gasteiger partial charge in [0, 0.05) is 22.9 Å². The van der Waals surface area contributed by atoms with Crippen molar-refractivity contribution < 1.29 is 4.79 Å². The second-order valence-corrected chi connectivity index (χ2v) is 4.56. The first-order valence-corrected chi connectivity index (χ1v) is 6.51. The van der Waals surface area contributed by atoms with Gasteiger partial charge in [-0.15, -0.1) is 0 Å². The Bertz CT molecular complexity index is 651. The fraction of sp³-hybridized carbons (Fsp3) is 0.167. The third-order valence-electron chi connectivity index (χ3n) is 2.55. The van der Waals surface area contributed by atoms with Crippen LogP contribution in [-0.4, -0.2) is 22.8 Å². The molecule has 6 heteroatoms. The van der Waals surface area contributed by atoms with Crippen LogP contribution < -0.4 is 16.6 Å². The van der Waals surface area contributed by atoms with Crippen LogP contribution in [0.4, 0.5) is 5.69 Å². The van der Waals surface area contributed by atoms with Gasteiger partial charge in [-0.2, -0.15) is 0 Å². The lowest BCUT2D eigenvalue weighted by atomic mass is 10.1. The summed E-state index contributed by atoms with van der Waals surface area (Å²) in [6, 6.07) is 6.74. The monoisotopic (exact) mass is 309 g/mol. The van der Waals surface area contributed by atoms with Crippen LogP contribution in [0.2, 0.25) is 0 Å². The summed E-state index contributed by atoms with van der Waals surface area (Å²) in [5.74, 6) is -0.402. The summed E-state index contributed by atoms with van der Waals surface area (Å²) in [4.78, 5) is 26.2. The highest BCUT2D eigenvalue weighted by molar-refractivity contribution is 9.09. The largest absolute Gasteiger partial charge is 0.398 e. The highest BCUT2D eigenvalue weighted by Gasteiger charge is 2.11. The Labute approximate surface area is 112 Å². The molecule has 2 aromatic rings. The van der Waals surface area contributed by atoms with E-state index in [4.69, 9.17) is 5.73 Å². The Morgan fingerprint density at radius 2 is 2.22 bits per heavy atom. The maximum absolute atomic E-state index is 11.8. The summed E-state index contributed by atoms with van der Waals surface area (Å²) in [6.45, 7) is 0.459. The second kappa shape index (κ2) is 5.22. The molecule has 0 aliphatic heterocycles. The summed E-state index contributed by atoms with van der Waals surface area (Å²) in [5.41, 5.74) is 6.62. The quantitative estimate of drug-likeness (QED) is 0.588. The molecule has 18 heavy (non-hydrogen) atoms. The summed E-state index contributed by atoms with van der Waals surface area (Å²) >= 11 is 3.20. The molecule has 4 N–H and O–H groups in total. The van der Waals surface area contributed by atoms with E-state index in [2.05, 4.69) is 26.2 Å². The number of fused-ring (bicyclic) bond motifs is 1. The van der Waals surface area contributed by atoms with Crippen LogP contribution in [-0.2, 0) is 0 Å². The maximum Gasteiger partial charge on any atom is 0.261 e. The lowest BCUT2D eigenvalue weighted by Gasteiger charge is -2.05. The molecule has 0 saturated heterocycles. The predicted octanol–water partition coefficient (Wildman–Crippen LogP) is 1.23. The number of nitrogens with one attached hydrogen (secondary N) is 2. The van der Waals surface area contributed by atoms with Crippen molar-refractivity contribution in [1.82, 2.24) is 10.3 Å². The van der Waals surface area contributed by atoms with Crippen LogP contribution in [0.25, 0.3) is 10.9 Å². The number of aromatic nitrogens is 1. The normalized spacial score (nSPS) is 10.5. The third kappa shape index (κ3) is 2.38. The lowest BCUT2D eigenvalue weighted by Crippen LogP contribution is -2.30. The van der Waals surface area contributed by atoms with E-state index in [1.807, 2.05) is 0 Å². The van der Waals surface area contributed by atoms with E-state index in [9.17, 15) is 9.59 Å². The molecule has 1 aromatic carbocycles. The molecule has 0 saturated carbocycles. The molecule has 1 aromatic heterocycles. The van der Waals surface area contributed by atoms with Gasteiger partial charge in [0.2, 0.25) is 0 Å². The average molecular weight is 310 g/mol. The molecular weight excluding hydrogens is 298 g/mol. The molecule has 5 nitrogen and oxygen atoms in total. The standard InChI is InChI=1S/C12H12BrN3O2/c13-4-5-15-11(17)8-6-7-9(14)2-1-3-10(7)16-12(8)18/h1-3,6H,4-5,14H2,(H,15,17)(H,16,18). The molecule has 0 unspecified atom stereocenters. The number of anilines is 1. The van der Waals surface area contributed by atoms with Gasteiger partial charge in [-0.05, 0) is 18.2 Å². The number of carbonyl (C=O) groups excluding carboxylic acids is 1. The number of aromatic amines is 1. The second-order valence-electron chi connectivity index (χ2n) is 3.77. The Kier molecular flexibility index (Phi) is 3.66. The molecule has 0 bridgehead atoms. The molecule has 0 spiro atoms. The number of amides is 1. The Morgan fingerprint density at radius 1 is 1.44 bits per heavy atom. The fourth-order valence-electron chi connectivity index (χ4n) is 1.68. The zero-order valence-corrected chi connectivity index (χ0v) is 11.1. The number of nitrogen functional groups attached to an aromatic ring is 1. The van der Waals surface area contributed by atoms with Crippen molar-refractivity contribution in [3.63, 3.8) is 0 Å². The van der Waals surface area contributed by atoms with Crippen molar-refractivity contribution in [2.45, 2.75) is 0 Å². The molecule has 0 radical (unpaired) electrons. The number of hydrogen-bond acceptors (Lipinski definition) is 3. The third-order valence-corrected chi connectivity index (χ3v) is 2.94. The van der Waals surface area contributed by atoms with E-state index in [-0.39, 0.29) is 5.56 Å². The van der Waals surface area contributed by atoms with E-state index in [0.717, 1.165) is 0 Å². The highest BCUT2D eigenvalue weighted by Crippen LogP contribution is 2.18. The number of rotatable bonds is 3. The number of pyridine rings is 1. The molecule has 0 aliphatic rings. The first-order valence-electron chi connectivity index (χ1n) is 5.39. The van der Waals surface area contributed by atoms with Crippen molar-refractivity contribution in [3.8, 4) is 0 Å². The van der Waals surface area contributed by atoms with Gasteiger partial charge >= 0.3 is 0 Å². The molecule has 0 atom stereocenters. The molecule has 1 amide bonds. The van der Waals surface area contributed by atoms with Gasteiger partial charge in [-0.25, -0.2) is 0 Å². The fourth-order valence-corrected chi connectivity index (χ4v) is 1.88. The molecule has 94 valence electrons. The van der Waals surface area contributed by atoms with Crippen molar-refractivity contribution in [1.29, 1.82) is 0 Å². The summed E-state index contributed by atoms with van der Waals surface area (Å²) in [7, 11) is 0. The van der Waals surface area contributed by atoms with Gasteiger partial charge < -0.3 is 16.0 Å². The van der Waals surface area contributed by atoms with E-state index >= 15 is 0 Å². The molecule has 2 rings (SSSR count). The van der Waals surface area contributed by atoms with Gasteiger partial charge in [0.1, 0.15) is 5.56 Å². The van der Waals surface area contributed by atoms with E-state index in [1.165, 1.54) is 6.07 Å². The van der Waals surface area contributed by atoms with Crippen LogP contribution in [0.3, 0.4) is 0 Å². The minimum Gasteiger partial charge on any atom is -0.398 e. The van der Waals surface area contributed by atoms with Crippen LogP contribution in [0.1, 0.15) is 10.4 Å². The van der Waals surface area contributed by atoms with Gasteiger partial charge in [-0.3, -0.25) is 9.59 Å². The van der Waals surface area contributed by atoms with Crippen molar-refractivity contribution in [2.75, 3.05) is 17.6 Å². The van der Waals surface area contributed by atoms with Crippen molar-refractivity contribution in [3.05, 3.63) is 40.2 Å². The number of carbonyl (C=O) groups is 1. The minimum atomic E-state index is -0.417. The number of benzene rings is 1. The minimum absolute atomic E-state index is 0.0707. The zero-order valence-electron chi connectivity index (χ0n) is 9.50. The zero-order chi connectivity index (χ0) is 13.1. The number of nitrogens with two attached hydrogens (primary N) is 1. The van der Waals surface area contributed by atoms with Crippen LogP contribution in [0.15, 0.2) is 29.1 Å². The molecule has 0 fully saturated rings. The van der Waals surface area contributed by atoms with Gasteiger partial charge in [-0.1, -0.05) is 22.0 Å². The van der Waals surface area contributed by atoms with Gasteiger partial charge in [0.15, 0.2) is 0 Å². The summed E-state index contributed by atoms with van der Waals surface area (Å²) in [5, 5.41) is 3.93.